The topological polar surface area (TPSA) is 40.6 Å². The molecule has 7 heteroatoms. The molecule has 0 saturated carbocycles. The summed E-state index contributed by atoms with van der Waals surface area (Å²) in [5.41, 5.74) is -0.682. The number of halogens is 3. The predicted octanol–water partition coefficient (Wildman–Crippen LogP) is 3.71. The molecule has 2 amide bonds. The molecule has 0 aliphatic heterocycles. The SMILES string of the molecule is CCCCN(C)C(=O)CCN(C(C)=O)c1cccc(C(F)(F)F)c1. The van der Waals surface area contributed by atoms with Gasteiger partial charge in [0.1, 0.15) is 0 Å². The third-order valence-corrected chi connectivity index (χ3v) is 3.69. The van der Waals surface area contributed by atoms with E-state index in [0.717, 1.165) is 25.0 Å². The summed E-state index contributed by atoms with van der Waals surface area (Å²) in [5, 5.41) is 0. The molecule has 1 rings (SSSR count). The Morgan fingerprint density at radius 2 is 1.83 bits per heavy atom. The summed E-state index contributed by atoms with van der Waals surface area (Å²) in [6.07, 6.45) is -2.57. The van der Waals surface area contributed by atoms with E-state index < -0.39 is 17.6 Å². The molecule has 0 spiro atoms. The summed E-state index contributed by atoms with van der Waals surface area (Å²) in [6.45, 7) is 3.96. The van der Waals surface area contributed by atoms with Crippen molar-refractivity contribution in [3.05, 3.63) is 29.8 Å². The highest BCUT2D eigenvalue weighted by molar-refractivity contribution is 5.92. The van der Waals surface area contributed by atoms with E-state index in [0.29, 0.717) is 6.54 Å². The van der Waals surface area contributed by atoms with Gasteiger partial charge in [0, 0.05) is 39.2 Å². The molecule has 4 nitrogen and oxygen atoms in total. The van der Waals surface area contributed by atoms with Crippen LogP contribution in [-0.4, -0.2) is 36.9 Å². The number of carbonyl (C=O) groups excluding carboxylic acids is 2. The third-order valence-electron chi connectivity index (χ3n) is 3.69. The Morgan fingerprint density at radius 1 is 1.17 bits per heavy atom. The molecule has 0 unspecified atom stereocenters. The summed E-state index contributed by atoms with van der Waals surface area (Å²) >= 11 is 0. The average Bonchev–Trinajstić information content (AvgIpc) is 2.51. The van der Waals surface area contributed by atoms with Crippen LogP contribution in [-0.2, 0) is 15.8 Å². The number of nitrogens with zero attached hydrogens (tertiary/aromatic N) is 2. The van der Waals surface area contributed by atoms with Crippen LogP contribution in [0.15, 0.2) is 24.3 Å². The van der Waals surface area contributed by atoms with Crippen LogP contribution in [0.3, 0.4) is 0 Å². The molecule has 0 aliphatic rings. The Labute approximate surface area is 140 Å². The molecular formula is C17H23F3N2O2. The third kappa shape index (κ3) is 5.86. The zero-order chi connectivity index (χ0) is 18.3. The zero-order valence-corrected chi connectivity index (χ0v) is 14.2. The van der Waals surface area contributed by atoms with E-state index in [1.807, 2.05) is 6.92 Å². The van der Waals surface area contributed by atoms with Crippen molar-refractivity contribution in [2.75, 3.05) is 25.0 Å². The maximum atomic E-state index is 12.8. The molecule has 1 aromatic carbocycles. The maximum absolute atomic E-state index is 12.8. The van der Waals surface area contributed by atoms with E-state index in [1.165, 1.54) is 24.0 Å². The van der Waals surface area contributed by atoms with Gasteiger partial charge < -0.3 is 9.80 Å². The minimum atomic E-state index is -4.48. The highest BCUT2D eigenvalue weighted by atomic mass is 19.4. The molecule has 0 aromatic heterocycles. The van der Waals surface area contributed by atoms with Gasteiger partial charge in [-0.25, -0.2) is 0 Å². The first-order valence-electron chi connectivity index (χ1n) is 7.86. The summed E-state index contributed by atoms with van der Waals surface area (Å²) in [7, 11) is 1.68. The van der Waals surface area contributed by atoms with Crippen LogP contribution in [0.4, 0.5) is 18.9 Å². The molecule has 0 aliphatic carbocycles. The summed E-state index contributed by atoms with van der Waals surface area (Å²) in [4.78, 5) is 26.6. The van der Waals surface area contributed by atoms with Gasteiger partial charge >= 0.3 is 6.18 Å². The van der Waals surface area contributed by atoms with Crippen LogP contribution in [0.25, 0.3) is 0 Å². The van der Waals surface area contributed by atoms with Gasteiger partial charge in [0.25, 0.3) is 0 Å². The molecule has 0 atom stereocenters. The van der Waals surface area contributed by atoms with Crippen molar-refractivity contribution in [1.82, 2.24) is 4.90 Å². The van der Waals surface area contributed by atoms with Crippen LogP contribution >= 0.6 is 0 Å². The van der Waals surface area contributed by atoms with Crippen LogP contribution in [0, 0.1) is 0 Å². The number of hydrogen-bond acceptors (Lipinski definition) is 2. The monoisotopic (exact) mass is 344 g/mol. The number of benzene rings is 1. The minimum absolute atomic E-state index is 0.0476. The Kier molecular flexibility index (Phi) is 7.25. The van der Waals surface area contributed by atoms with E-state index in [9.17, 15) is 22.8 Å². The van der Waals surface area contributed by atoms with Crippen LogP contribution in [0.5, 0.6) is 0 Å². The zero-order valence-electron chi connectivity index (χ0n) is 14.2. The number of anilines is 1. The second-order valence-electron chi connectivity index (χ2n) is 5.64. The van der Waals surface area contributed by atoms with Gasteiger partial charge in [0.15, 0.2) is 0 Å². The molecular weight excluding hydrogens is 321 g/mol. The second-order valence-corrected chi connectivity index (χ2v) is 5.64. The number of rotatable bonds is 7. The number of hydrogen-bond donors (Lipinski definition) is 0. The van der Waals surface area contributed by atoms with Gasteiger partial charge in [-0.1, -0.05) is 19.4 Å². The number of alkyl halides is 3. The predicted molar refractivity (Wildman–Crippen MR) is 86.6 cm³/mol. The van der Waals surface area contributed by atoms with Crippen molar-refractivity contribution >= 4 is 17.5 Å². The van der Waals surface area contributed by atoms with Crippen molar-refractivity contribution in [3.63, 3.8) is 0 Å². The van der Waals surface area contributed by atoms with E-state index in [4.69, 9.17) is 0 Å². The molecule has 24 heavy (non-hydrogen) atoms. The van der Waals surface area contributed by atoms with Crippen molar-refractivity contribution in [1.29, 1.82) is 0 Å². The first-order valence-corrected chi connectivity index (χ1v) is 7.86. The normalized spacial score (nSPS) is 11.2. The largest absolute Gasteiger partial charge is 0.416 e. The van der Waals surface area contributed by atoms with E-state index in [1.54, 1.807) is 11.9 Å². The first-order chi connectivity index (χ1) is 11.2. The average molecular weight is 344 g/mol. The fourth-order valence-electron chi connectivity index (χ4n) is 2.24. The molecule has 0 bridgehead atoms. The van der Waals surface area contributed by atoms with Crippen LogP contribution < -0.4 is 4.90 Å². The number of carbonyl (C=O) groups is 2. The highest BCUT2D eigenvalue weighted by Crippen LogP contribution is 2.31. The second kappa shape index (κ2) is 8.70. The van der Waals surface area contributed by atoms with Gasteiger partial charge in [0.2, 0.25) is 11.8 Å². The quantitative estimate of drug-likeness (QED) is 0.757. The van der Waals surface area contributed by atoms with E-state index >= 15 is 0 Å². The van der Waals surface area contributed by atoms with Crippen molar-refractivity contribution < 1.29 is 22.8 Å². The first kappa shape index (κ1) is 20.0. The fourth-order valence-corrected chi connectivity index (χ4v) is 2.24. The summed E-state index contributed by atoms with van der Waals surface area (Å²) in [5.74, 6) is -0.542. The fraction of sp³-hybridized carbons (Fsp3) is 0.529. The van der Waals surface area contributed by atoms with Crippen molar-refractivity contribution in [2.24, 2.45) is 0 Å². The molecule has 0 radical (unpaired) electrons. The van der Waals surface area contributed by atoms with Crippen molar-refractivity contribution in [3.8, 4) is 0 Å². The molecule has 1 aromatic rings. The summed E-state index contributed by atoms with van der Waals surface area (Å²) < 4.78 is 38.4. The van der Waals surface area contributed by atoms with Crippen molar-refractivity contribution in [2.45, 2.75) is 39.3 Å². The molecule has 0 fully saturated rings. The van der Waals surface area contributed by atoms with E-state index in [2.05, 4.69) is 0 Å². The standard InChI is InChI=1S/C17H23F3N2O2/c1-4-5-10-21(3)16(24)9-11-22(13(2)23)15-8-6-7-14(12-15)17(18,19)20/h6-8,12H,4-5,9-11H2,1-3H3. The van der Waals surface area contributed by atoms with Crippen LogP contribution in [0.2, 0.25) is 0 Å². The van der Waals surface area contributed by atoms with Gasteiger partial charge in [0.05, 0.1) is 5.56 Å². The molecule has 0 N–H and O–H groups in total. The lowest BCUT2D eigenvalue weighted by molar-refractivity contribution is -0.137. The molecule has 0 heterocycles. The lowest BCUT2D eigenvalue weighted by Gasteiger charge is -2.24. The smallest absolute Gasteiger partial charge is 0.346 e. The Morgan fingerprint density at radius 3 is 2.38 bits per heavy atom. The van der Waals surface area contributed by atoms with Gasteiger partial charge in [-0.15, -0.1) is 0 Å². The molecule has 0 saturated heterocycles. The highest BCUT2D eigenvalue weighted by Gasteiger charge is 2.31. The Bertz CT molecular complexity index is 573. The van der Waals surface area contributed by atoms with Crippen LogP contribution in [0.1, 0.15) is 38.7 Å². The van der Waals surface area contributed by atoms with Gasteiger partial charge in [-0.3, -0.25) is 9.59 Å². The van der Waals surface area contributed by atoms with Gasteiger partial charge in [-0.05, 0) is 24.6 Å². The molecule has 134 valence electrons. The number of unbranched alkanes of at least 4 members (excludes halogenated alkanes) is 1. The number of amides is 2. The Hall–Kier alpha value is -2.05. The Balaban J connectivity index is 2.82. The summed E-state index contributed by atoms with van der Waals surface area (Å²) in [6, 6.07) is 4.56. The lowest BCUT2D eigenvalue weighted by atomic mass is 10.1. The minimum Gasteiger partial charge on any atom is -0.346 e. The lowest BCUT2D eigenvalue weighted by Crippen LogP contribution is -2.35. The maximum Gasteiger partial charge on any atom is 0.416 e. The van der Waals surface area contributed by atoms with E-state index in [-0.39, 0.29) is 24.6 Å². The van der Waals surface area contributed by atoms with Gasteiger partial charge in [-0.2, -0.15) is 13.2 Å².